The Balaban J connectivity index is 1.90. The molecule has 0 heterocycles. The van der Waals surface area contributed by atoms with Gasteiger partial charge in [0.05, 0.1) is 6.10 Å². The predicted octanol–water partition coefficient (Wildman–Crippen LogP) is 1.93. The van der Waals surface area contributed by atoms with Gasteiger partial charge in [-0.1, -0.05) is 0 Å². The third-order valence-corrected chi connectivity index (χ3v) is 3.66. The van der Waals surface area contributed by atoms with Gasteiger partial charge in [-0.25, -0.2) is 0 Å². The average molecular weight is 183 g/mol. The van der Waals surface area contributed by atoms with Gasteiger partial charge in [0.2, 0.25) is 0 Å². The van der Waals surface area contributed by atoms with Gasteiger partial charge in [-0.3, -0.25) is 0 Å². The number of ether oxygens (including phenoxy) is 1. The maximum Gasteiger partial charge on any atom is 0.0580 e. The second-order valence-electron chi connectivity index (χ2n) is 5.13. The summed E-state index contributed by atoms with van der Waals surface area (Å²) in [7, 11) is 0. The van der Waals surface area contributed by atoms with Crippen molar-refractivity contribution < 1.29 is 4.74 Å². The Morgan fingerprint density at radius 3 is 2.31 bits per heavy atom. The van der Waals surface area contributed by atoms with E-state index in [2.05, 4.69) is 13.8 Å². The van der Waals surface area contributed by atoms with Crippen molar-refractivity contribution in [3.63, 3.8) is 0 Å². The molecule has 2 heteroatoms. The van der Waals surface area contributed by atoms with Crippen LogP contribution in [0.3, 0.4) is 0 Å². The highest BCUT2D eigenvalue weighted by atomic mass is 16.5. The first-order valence-electron chi connectivity index (χ1n) is 5.51. The fraction of sp³-hybridized carbons (Fsp3) is 1.00. The molecule has 2 aliphatic carbocycles. The minimum atomic E-state index is 0.118. The molecule has 0 saturated heterocycles. The van der Waals surface area contributed by atoms with E-state index in [0.717, 1.165) is 18.4 Å². The van der Waals surface area contributed by atoms with Crippen molar-refractivity contribution in [2.75, 3.05) is 6.61 Å². The summed E-state index contributed by atoms with van der Waals surface area (Å²) < 4.78 is 5.67. The highest BCUT2D eigenvalue weighted by molar-refractivity contribution is 5.00. The summed E-state index contributed by atoms with van der Waals surface area (Å²) in [6.07, 6.45) is 5.47. The zero-order chi connectivity index (χ0) is 9.47. The summed E-state index contributed by atoms with van der Waals surface area (Å²) >= 11 is 0. The van der Waals surface area contributed by atoms with E-state index >= 15 is 0 Å². The smallest absolute Gasteiger partial charge is 0.0580 e. The molecule has 0 aromatic carbocycles. The van der Waals surface area contributed by atoms with E-state index in [1.165, 1.54) is 25.7 Å². The van der Waals surface area contributed by atoms with Gasteiger partial charge in [0.1, 0.15) is 0 Å². The molecule has 2 saturated carbocycles. The maximum atomic E-state index is 6.15. The summed E-state index contributed by atoms with van der Waals surface area (Å²) in [6.45, 7) is 5.14. The van der Waals surface area contributed by atoms with Crippen LogP contribution < -0.4 is 5.73 Å². The van der Waals surface area contributed by atoms with E-state index in [-0.39, 0.29) is 5.54 Å². The van der Waals surface area contributed by atoms with Crippen LogP contribution >= 0.6 is 0 Å². The number of hydrogen-bond donors (Lipinski definition) is 1. The van der Waals surface area contributed by atoms with Crippen molar-refractivity contribution in [2.24, 2.45) is 17.6 Å². The maximum absolute atomic E-state index is 6.15. The zero-order valence-corrected chi connectivity index (χ0v) is 8.75. The third kappa shape index (κ3) is 1.89. The van der Waals surface area contributed by atoms with Gasteiger partial charge in [0, 0.05) is 12.1 Å². The summed E-state index contributed by atoms with van der Waals surface area (Å²) in [5, 5.41) is 0. The Kier molecular flexibility index (Phi) is 2.37. The fourth-order valence-electron chi connectivity index (χ4n) is 3.31. The van der Waals surface area contributed by atoms with Gasteiger partial charge >= 0.3 is 0 Å². The first-order valence-corrected chi connectivity index (χ1v) is 5.51. The van der Waals surface area contributed by atoms with Gasteiger partial charge in [0.15, 0.2) is 0 Å². The molecular weight excluding hydrogens is 162 g/mol. The largest absolute Gasteiger partial charge is 0.378 e. The minimum Gasteiger partial charge on any atom is -0.378 e. The van der Waals surface area contributed by atoms with Crippen LogP contribution in [0.25, 0.3) is 0 Å². The lowest BCUT2D eigenvalue weighted by Gasteiger charge is -2.20. The van der Waals surface area contributed by atoms with Crippen LogP contribution in [0.15, 0.2) is 0 Å². The summed E-state index contributed by atoms with van der Waals surface area (Å²) in [5.41, 5.74) is 6.26. The van der Waals surface area contributed by atoms with E-state index in [4.69, 9.17) is 10.5 Å². The van der Waals surface area contributed by atoms with E-state index in [1.54, 1.807) is 0 Å². The highest BCUT2D eigenvalue weighted by Gasteiger charge is 2.45. The van der Waals surface area contributed by atoms with Gasteiger partial charge in [-0.05, 0) is 51.4 Å². The van der Waals surface area contributed by atoms with Crippen molar-refractivity contribution in [3.05, 3.63) is 0 Å². The van der Waals surface area contributed by atoms with Crippen LogP contribution in [0, 0.1) is 11.8 Å². The lowest BCUT2D eigenvalue weighted by atomic mass is 9.97. The molecule has 0 radical (unpaired) electrons. The Morgan fingerprint density at radius 1 is 1.31 bits per heavy atom. The Morgan fingerprint density at radius 2 is 1.85 bits per heavy atom. The topological polar surface area (TPSA) is 35.2 Å². The number of nitrogens with two attached hydrogens (primary N) is 1. The predicted molar refractivity (Wildman–Crippen MR) is 53.5 cm³/mol. The molecular formula is C11H21NO. The number of hydrogen-bond acceptors (Lipinski definition) is 2. The number of rotatable bonds is 2. The highest BCUT2D eigenvalue weighted by Crippen LogP contribution is 2.48. The van der Waals surface area contributed by atoms with Crippen LogP contribution in [-0.4, -0.2) is 18.2 Å². The molecule has 0 bridgehead atoms. The molecule has 0 amide bonds. The van der Waals surface area contributed by atoms with Gasteiger partial charge in [-0.2, -0.15) is 0 Å². The Bertz CT molecular complexity index is 175. The second-order valence-corrected chi connectivity index (χ2v) is 5.13. The normalized spacial score (nSPS) is 49.6. The Labute approximate surface area is 80.8 Å². The zero-order valence-electron chi connectivity index (χ0n) is 8.75. The van der Waals surface area contributed by atoms with Gasteiger partial charge in [0.25, 0.3) is 0 Å². The monoisotopic (exact) mass is 183 g/mol. The van der Waals surface area contributed by atoms with E-state index in [0.29, 0.717) is 6.10 Å². The molecule has 0 aromatic rings. The van der Waals surface area contributed by atoms with Crippen LogP contribution in [0.1, 0.15) is 39.5 Å². The van der Waals surface area contributed by atoms with Crippen molar-refractivity contribution in [2.45, 2.75) is 51.2 Å². The summed E-state index contributed by atoms with van der Waals surface area (Å²) in [6, 6.07) is 0. The van der Waals surface area contributed by atoms with E-state index in [9.17, 15) is 0 Å². The average Bonchev–Trinajstić information content (AvgIpc) is 2.41. The van der Waals surface area contributed by atoms with Crippen molar-refractivity contribution in [1.29, 1.82) is 0 Å². The van der Waals surface area contributed by atoms with Crippen LogP contribution in [-0.2, 0) is 4.74 Å². The molecule has 2 rings (SSSR count). The molecule has 2 N–H and O–H groups in total. The SMILES string of the molecule is CCO[C@@H]1C[C@@H]2CC(C)(N)C[C@@H]2C1. The molecule has 0 aliphatic heterocycles. The number of fused-ring (bicyclic) bond motifs is 1. The first kappa shape index (κ1) is 9.47. The van der Waals surface area contributed by atoms with Crippen LogP contribution in [0.5, 0.6) is 0 Å². The van der Waals surface area contributed by atoms with Gasteiger partial charge < -0.3 is 10.5 Å². The van der Waals surface area contributed by atoms with Crippen LogP contribution in [0.4, 0.5) is 0 Å². The first-order chi connectivity index (χ1) is 6.11. The summed E-state index contributed by atoms with van der Waals surface area (Å²) in [4.78, 5) is 0. The van der Waals surface area contributed by atoms with E-state index in [1.807, 2.05) is 0 Å². The fourth-order valence-corrected chi connectivity index (χ4v) is 3.31. The molecule has 0 aromatic heterocycles. The van der Waals surface area contributed by atoms with Crippen molar-refractivity contribution >= 4 is 0 Å². The van der Waals surface area contributed by atoms with Crippen molar-refractivity contribution in [1.82, 2.24) is 0 Å². The molecule has 2 aliphatic rings. The lowest BCUT2D eigenvalue weighted by molar-refractivity contribution is 0.0605. The molecule has 1 unspecified atom stereocenters. The molecule has 2 fully saturated rings. The molecule has 76 valence electrons. The molecule has 0 spiro atoms. The molecule has 4 atom stereocenters. The van der Waals surface area contributed by atoms with Crippen molar-refractivity contribution in [3.8, 4) is 0 Å². The van der Waals surface area contributed by atoms with Gasteiger partial charge in [-0.15, -0.1) is 0 Å². The van der Waals surface area contributed by atoms with Crippen LogP contribution in [0.2, 0.25) is 0 Å². The standard InChI is InChI=1S/C11H21NO/c1-3-13-10-4-8-6-11(2,12)7-9(8)5-10/h8-10H,3-7,12H2,1-2H3/t8-,9+,10-,11?. The van der Waals surface area contributed by atoms with E-state index < -0.39 is 0 Å². The lowest BCUT2D eigenvalue weighted by Crippen LogP contribution is -2.33. The molecule has 13 heavy (non-hydrogen) atoms. The Hall–Kier alpha value is -0.0800. The molecule has 2 nitrogen and oxygen atoms in total. The quantitative estimate of drug-likeness (QED) is 0.710. The second kappa shape index (κ2) is 3.25. The summed E-state index contributed by atoms with van der Waals surface area (Å²) in [5.74, 6) is 1.71. The minimum absolute atomic E-state index is 0.118. The third-order valence-electron chi connectivity index (χ3n) is 3.66.